The van der Waals surface area contributed by atoms with Gasteiger partial charge in [0.15, 0.2) is 21.0 Å². The average molecular weight is 555 g/mol. The maximum atomic E-state index is 13.8. The number of H-pyrrole nitrogens is 1. The van der Waals surface area contributed by atoms with Gasteiger partial charge in [-0.1, -0.05) is 60.0 Å². The van der Waals surface area contributed by atoms with Gasteiger partial charge in [-0.3, -0.25) is 19.5 Å². The van der Waals surface area contributed by atoms with Gasteiger partial charge in [0.2, 0.25) is 11.0 Å². The summed E-state index contributed by atoms with van der Waals surface area (Å²) in [5, 5.41) is 12.5. The molecule has 5 rings (SSSR count). The fraction of sp³-hybridized carbons (Fsp3) is 0.208. The Labute approximate surface area is 223 Å². The summed E-state index contributed by atoms with van der Waals surface area (Å²) in [6, 6.07) is 12.8. The van der Waals surface area contributed by atoms with Crippen molar-refractivity contribution in [3.63, 3.8) is 0 Å². The first-order chi connectivity index (χ1) is 18.0. The van der Waals surface area contributed by atoms with Gasteiger partial charge in [-0.2, -0.15) is 0 Å². The van der Waals surface area contributed by atoms with Crippen LogP contribution < -0.4 is 20.3 Å². The first-order valence-electron chi connectivity index (χ1n) is 11.2. The molecule has 1 amide bonds. The monoisotopic (exact) mass is 554 g/mol. The molecule has 0 saturated heterocycles. The van der Waals surface area contributed by atoms with E-state index in [2.05, 4.69) is 20.5 Å². The Hall–Kier alpha value is -3.55. The molecule has 13 heteroatoms. The van der Waals surface area contributed by atoms with Crippen molar-refractivity contribution in [3.8, 4) is 17.2 Å². The van der Waals surface area contributed by atoms with Crippen LogP contribution in [-0.2, 0) is 4.79 Å². The number of aromatic amines is 1. The SMILES string of the molecule is CCSc1nnc(NC(=O)CSc2nc3c([nH]c4ccccc43)c(=O)n2-c2ccc(OC)c(OC)c2)s1. The molecule has 0 bridgehead atoms. The van der Waals surface area contributed by atoms with Crippen molar-refractivity contribution in [2.75, 3.05) is 31.0 Å². The van der Waals surface area contributed by atoms with Crippen LogP contribution in [0.4, 0.5) is 5.13 Å². The summed E-state index contributed by atoms with van der Waals surface area (Å²) in [5.41, 5.74) is 1.97. The summed E-state index contributed by atoms with van der Waals surface area (Å²) in [6.07, 6.45) is 0. The Morgan fingerprint density at radius 2 is 1.92 bits per heavy atom. The number of para-hydroxylation sites is 1. The van der Waals surface area contributed by atoms with E-state index in [-0.39, 0.29) is 17.2 Å². The van der Waals surface area contributed by atoms with Crippen molar-refractivity contribution < 1.29 is 14.3 Å². The zero-order valence-corrected chi connectivity index (χ0v) is 22.6. The van der Waals surface area contributed by atoms with Crippen molar-refractivity contribution >= 4 is 67.8 Å². The topological polar surface area (TPSA) is 124 Å². The highest BCUT2D eigenvalue weighted by molar-refractivity contribution is 8.01. The van der Waals surface area contributed by atoms with Gasteiger partial charge in [0.25, 0.3) is 5.56 Å². The number of rotatable bonds is 9. The second-order valence-electron chi connectivity index (χ2n) is 7.61. The molecule has 0 aliphatic heterocycles. The van der Waals surface area contributed by atoms with E-state index in [1.165, 1.54) is 23.0 Å². The largest absolute Gasteiger partial charge is 0.493 e. The fourth-order valence-corrected chi connectivity index (χ4v) is 6.23. The molecule has 3 aromatic heterocycles. The van der Waals surface area contributed by atoms with Gasteiger partial charge in [-0.05, 0) is 24.0 Å². The first kappa shape index (κ1) is 25.1. The number of nitrogens with one attached hydrogen (secondary N) is 2. The van der Waals surface area contributed by atoms with Crippen molar-refractivity contribution in [1.82, 2.24) is 24.7 Å². The van der Waals surface area contributed by atoms with E-state index in [4.69, 9.17) is 14.5 Å². The number of fused-ring (bicyclic) bond motifs is 3. The predicted octanol–water partition coefficient (Wildman–Crippen LogP) is 4.58. The van der Waals surface area contributed by atoms with Gasteiger partial charge in [0.05, 0.1) is 25.7 Å². The molecule has 0 saturated carbocycles. The van der Waals surface area contributed by atoms with E-state index < -0.39 is 0 Å². The minimum atomic E-state index is -0.290. The molecule has 0 unspecified atom stereocenters. The molecule has 3 heterocycles. The number of anilines is 1. The molecule has 0 atom stereocenters. The van der Waals surface area contributed by atoms with Crippen LogP contribution in [0.25, 0.3) is 27.6 Å². The highest BCUT2D eigenvalue weighted by Crippen LogP contribution is 2.32. The standard InChI is InChI=1S/C24H22N6O4S3/c1-4-35-24-29-28-22(37-24)26-18(31)12-36-23-27-19-14-7-5-6-8-15(14)25-20(19)21(32)30(23)13-9-10-16(33-2)17(11-13)34-3/h5-11,25H,4,12H2,1-3H3,(H,26,28,31). The molecule has 2 N–H and O–H groups in total. The summed E-state index contributed by atoms with van der Waals surface area (Å²) in [7, 11) is 3.07. The number of ether oxygens (including phenoxy) is 2. The number of thioether (sulfide) groups is 2. The van der Waals surface area contributed by atoms with Crippen molar-refractivity contribution in [1.29, 1.82) is 0 Å². The van der Waals surface area contributed by atoms with Crippen LogP contribution in [0, 0.1) is 0 Å². The number of methoxy groups -OCH3 is 2. The molecule has 0 spiro atoms. The van der Waals surface area contributed by atoms with Crippen LogP contribution in [0.5, 0.6) is 11.5 Å². The molecule has 5 aromatic rings. The van der Waals surface area contributed by atoms with Gasteiger partial charge >= 0.3 is 0 Å². The third-order valence-corrected chi connectivity index (χ3v) is 8.17. The average Bonchev–Trinajstić information content (AvgIpc) is 3.51. The molecule has 10 nitrogen and oxygen atoms in total. The molecule has 0 aliphatic rings. The minimum Gasteiger partial charge on any atom is -0.493 e. The fourth-order valence-electron chi connectivity index (χ4n) is 3.76. The quantitative estimate of drug-likeness (QED) is 0.153. The maximum Gasteiger partial charge on any atom is 0.283 e. The van der Waals surface area contributed by atoms with Gasteiger partial charge in [-0.25, -0.2) is 4.98 Å². The van der Waals surface area contributed by atoms with Crippen LogP contribution in [0.15, 0.2) is 56.8 Å². The number of nitrogens with zero attached hydrogens (tertiary/aromatic N) is 4. The van der Waals surface area contributed by atoms with Crippen molar-refractivity contribution in [2.45, 2.75) is 16.4 Å². The number of hydrogen-bond donors (Lipinski definition) is 2. The summed E-state index contributed by atoms with van der Waals surface area (Å²) < 4.78 is 13.1. The molecule has 0 aliphatic carbocycles. The Morgan fingerprint density at radius 3 is 2.70 bits per heavy atom. The lowest BCUT2D eigenvalue weighted by Gasteiger charge is -2.14. The molecule has 37 heavy (non-hydrogen) atoms. The van der Waals surface area contributed by atoms with E-state index in [9.17, 15) is 9.59 Å². The lowest BCUT2D eigenvalue weighted by Crippen LogP contribution is -2.23. The summed E-state index contributed by atoms with van der Waals surface area (Å²) in [5.74, 6) is 1.61. The molecular weight excluding hydrogens is 533 g/mol. The number of hydrogen-bond acceptors (Lipinski definition) is 10. The summed E-state index contributed by atoms with van der Waals surface area (Å²) >= 11 is 4.04. The maximum absolute atomic E-state index is 13.8. The lowest BCUT2D eigenvalue weighted by molar-refractivity contribution is -0.113. The van der Waals surface area contributed by atoms with Crippen LogP contribution in [-0.4, -0.2) is 56.4 Å². The molecule has 2 aromatic carbocycles. The number of benzene rings is 2. The Bertz CT molecular complexity index is 1660. The van der Waals surface area contributed by atoms with Gasteiger partial charge in [0.1, 0.15) is 11.0 Å². The van der Waals surface area contributed by atoms with Crippen LogP contribution in [0.2, 0.25) is 0 Å². The van der Waals surface area contributed by atoms with Gasteiger partial charge in [-0.15, -0.1) is 10.2 Å². The van der Waals surface area contributed by atoms with Gasteiger partial charge in [0, 0.05) is 17.0 Å². The molecule has 0 fully saturated rings. The number of carbonyl (C=O) groups is 1. The highest BCUT2D eigenvalue weighted by Gasteiger charge is 2.20. The molecule has 0 radical (unpaired) electrons. The third kappa shape index (κ3) is 5.02. The third-order valence-electron chi connectivity index (χ3n) is 5.37. The number of carbonyl (C=O) groups excluding carboxylic acids is 1. The van der Waals surface area contributed by atoms with Crippen LogP contribution in [0.1, 0.15) is 6.92 Å². The lowest BCUT2D eigenvalue weighted by atomic mass is 10.2. The van der Waals surface area contributed by atoms with Crippen molar-refractivity contribution in [3.05, 3.63) is 52.8 Å². The molecular formula is C24H22N6O4S3. The molecule has 190 valence electrons. The number of amides is 1. The smallest absolute Gasteiger partial charge is 0.283 e. The van der Waals surface area contributed by atoms with Crippen LogP contribution >= 0.6 is 34.9 Å². The first-order valence-corrected chi connectivity index (χ1v) is 14.0. The second kappa shape index (κ2) is 10.8. The zero-order valence-electron chi connectivity index (χ0n) is 20.1. The Kier molecular flexibility index (Phi) is 7.35. The summed E-state index contributed by atoms with van der Waals surface area (Å²) in [6.45, 7) is 2.02. The van der Waals surface area contributed by atoms with Gasteiger partial charge < -0.3 is 14.5 Å². The second-order valence-corrected chi connectivity index (χ2v) is 11.0. The number of aromatic nitrogens is 5. The Balaban J connectivity index is 1.54. The van der Waals surface area contributed by atoms with Crippen molar-refractivity contribution in [2.24, 2.45) is 0 Å². The normalized spacial score (nSPS) is 11.2. The zero-order chi connectivity index (χ0) is 25.9. The van der Waals surface area contributed by atoms with E-state index in [0.717, 1.165) is 32.8 Å². The van der Waals surface area contributed by atoms with E-state index in [0.29, 0.717) is 38.5 Å². The highest BCUT2D eigenvalue weighted by atomic mass is 32.2. The summed E-state index contributed by atoms with van der Waals surface area (Å²) in [4.78, 5) is 34.5. The Morgan fingerprint density at radius 1 is 1.11 bits per heavy atom. The van der Waals surface area contributed by atoms with E-state index in [1.54, 1.807) is 37.1 Å². The van der Waals surface area contributed by atoms with E-state index in [1.807, 2.05) is 31.2 Å². The minimum absolute atomic E-state index is 0.0173. The predicted molar refractivity (Wildman–Crippen MR) is 148 cm³/mol. The van der Waals surface area contributed by atoms with E-state index >= 15 is 0 Å². The van der Waals surface area contributed by atoms with Crippen LogP contribution in [0.3, 0.4) is 0 Å².